The van der Waals surface area contributed by atoms with Crippen LogP contribution in [0, 0.1) is 11.8 Å². The van der Waals surface area contributed by atoms with Crippen molar-refractivity contribution in [1.29, 1.82) is 0 Å². The maximum Gasteiger partial charge on any atom is 0.262 e. The lowest BCUT2D eigenvalue weighted by Crippen LogP contribution is -2.44. The Morgan fingerprint density at radius 3 is 2.78 bits per heavy atom. The monoisotopic (exact) mass is 385 g/mol. The fourth-order valence-corrected chi connectivity index (χ4v) is 4.92. The molecule has 2 aromatic rings. The molecule has 1 aromatic heterocycles. The molecule has 1 aromatic carbocycles. The van der Waals surface area contributed by atoms with Gasteiger partial charge >= 0.3 is 0 Å². The quantitative estimate of drug-likeness (QED) is 0.629. The standard InChI is InChI=1S/C21H27N3O2S/c1-13-6-5-9-17(14(13)2)22-19(25)12-27-21-23-18-8-4-3-7-16(18)20(26)24(21)15-10-11-15/h3-4,7-8,13-15,17H,5-6,9-12H2,1-2H3,(H,22,25)/t13-,14-,17+/m1/s1. The predicted octanol–water partition coefficient (Wildman–Crippen LogP) is 3.76. The highest BCUT2D eigenvalue weighted by atomic mass is 32.2. The summed E-state index contributed by atoms with van der Waals surface area (Å²) < 4.78 is 1.80. The molecule has 2 aliphatic rings. The molecule has 1 amide bonds. The van der Waals surface area contributed by atoms with Gasteiger partial charge in [-0.05, 0) is 43.2 Å². The van der Waals surface area contributed by atoms with Crippen molar-refractivity contribution in [3.8, 4) is 0 Å². The van der Waals surface area contributed by atoms with Gasteiger partial charge in [-0.1, -0.05) is 50.6 Å². The molecule has 3 atom stereocenters. The minimum Gasteiger partial charge on any atom is -0.352 e. The molecule has 0 spiro atoms. The van der Waals surface area contributed by atoms with Gasteiger partial charge in [0.05, 0.1) is 16.7 Å². The van der Waals surface area contributed by atoms with Crippen LogP contribution in [-0.4, -0.2) is 27.3 Å². The Hall–Kier alpha value is -1.82. The van der Waals surface area contributed by atoms with E-state index >= 15 is 0 Å². The zero-order chi connectivity index (χ0) is 19.0. The number of benzene rings is 1. The highest BCUT2D eigenvalue weighted by Gasteiger charge is 2.30. The lowest BCUT2D eigenvalue weighted by molar-refractivity contribution is -0.120. The topological polar surface area (TPSA) is 64.0 Å². The van der Waals surface area contributed by atoms with E-state index in [1.54, 1.807) is 4.57 Å². The van der Waals surface area contributed by atoms with Crippen LogP contribution >= 0.6 is 11.8 Å². The third-order valence-electron chi connectivity index (χ3n) is 6.07. The number of hydrogen-bond donors (Lipinski definition) is 1. The number of carbonyl (C=O) groups excluding carboxylic acids is 1. The molecule has 1 N–H and O–H groups in total. The van der Waals surface area contributed by atoms with Crippen molar-refractivity contribution < 1.29 is 4.79 Å². The number of rotatable bonds is 5. The number of carbonyl (C=O) groups is 1. The number of nitrogens with one attached hydrogen (secondary N) is 1. The Labute approximate surface area is 163 Å². The molecule has 4 rings (SSSR count). The average molecular weight is 386 g/mol. The number of hydrogen-bond acceptors (Lipinski definition) is 4. The molecule has 5 nitrogen and oxygen atoms in total. The predicted molar refractivity (Wildman–Crippen MR) is 109 cm³/mol. The summed E-state index contributed by atoms with van der Waals surface area (Å²) in [5.74, 6) is 1.50. The fraction of sp³-hybridized carbons (Fsp3) is 0.571. The molecule has 2 saturated carbocycles. The van der Waals surface area contributed by atoms with Crippen LogP contribution < -0.4 is 10.9 Å². The van der Waals surface area contributed by atoms with Crippen molar-refractivity contribution in [2.24, 2.45) is 11.8 Å². The molecule has 0 aliphatic heterocycles. The SMILES string of the molecule is C[C@@H]1[C@H](C)CCC[C@@H]1NC(=O)CSc1nc2ccccc2c(=O)n1C1CC1. The third kappa shape index (κ3) is 3.91. The summed E-state index contributed by atoms with van der Waals surface area (Å²) in [5, 5.41) is 4.53. The van der Waals surface area contributed by atoms with Crippen molar-refractivity contribution >= 4 is 28.6 Å². The highest BCUT2D eigenvalue weighted by Crippen LogP contribution is 2.37. The van der Waals surface area contributed by atoms with Gasteiger partial charge in [-0.3, -0.25) is 14.2 Å². The summed E-state index contributed by atoms with van der Waals surface area (Å²) in [7, 11) is 0. The second-order valence-electron chi connectivity index (χ2n) is 8.05. The van der Waals surface area contributed by atoms with Crippen molar-refractivity contribution in [3.63, 3.8) is 0 Å². The Kier molecular flexibility index (Phi) is 5.26. The van der Waals surface area contributed by atoms with Crippen LogP contribution in [0.25, 0.3) is 10.9 Å². The van der Waals surface area contributed by atoms with Crippen molar-refractivity contribution in [1.82, 2.24) is 14.9 Å². The Balaban J connectivity index is 1.49. The molecule has 0 radical (unpaired) electrons. The third-order valence-corrected chi connectivity index (χ3v) is 7.03. The minimum absolute atomic E-state index is 0.0146. The summed E-state index contributed by atoms with van der Waals surface area (Å²) in [6.45, 7) is 4.50. The molecular formula is C21H27N3O2S. The molecule has 144 valence electrons. The number of fused-ring (bicyclic) bond motifs is 1. The van der Waals surface area contributed by atoms with E-state index in [0.29, 0.717) is 33.6 Å². The summed E-state index contributed by atoms with van der Waals surface area (Å²) in [4.78, 5) is 30.1. The first kappa shape index (κ1) is 18.5. The second kappa shape index (κ2) is 7.66. The van der Waals surface area contributed by atoms with Gasteiger partial charge in [0.2, 0.25) is 5.91 Å². The van der Waals surface area contributed by atoms with Gasteiger partial charge in [-0.15, -0.1) is 0 Å². The molecule has 2 aliphatic carbocycles. The van der Waals surface area contributed by atoms with Gasteiger partial charge in [0.15, 0.2) is 5.16 Å². The molecule has 0 unspecified atom stereocenters. The molecule has 0 saturated heterocycles. The number of aromatic nitrogens is 2. The summed E-state index contributed by atoms with van der Waals surface area (Å²) >= 11 is 1.38. The van der Waals surface area contributed by atoms with E-state index in [2.05, 4.69) is 24.1 Å². The van der Waals surface area contributed by atoms with E-state index in [0.717, 1.165) is 19.3 Å². The number of para-hydroxylation sites is 1. The second-order valence-corrected chi connectivity index (χ2v) is 8.99. The van der Waals surface area contributed by atoms with E-state index in [1.807, 2.05) is 24.3 Å². The van der Waals surface area contributed by atoms with E-state index < -0.39 is 0 Å². The van der Waals surface area contributed by atoms with E-state index in [4.69, 9.17) is 0 Å². The van der Waals surface area contributed by atoms with E-state index in [9.17, 15) is 9.59 Å². The first-order valence-corrected chi connectivity index (χ1v) is 11.0. The lowest BCUT2D eigenvalue weighted by atomic mass is 9.78. The largest absolute Gasteiger partial charge is 0.352 e. The fourth-order valence-electron chi connectivity index (χ4n) is 4.05. The molecule has 2 fully saturated rings. The van der Waals surface area contributed by atoms with Crippen LogP contribution in [0.1, 0.15) is 52.0 Å². The maximum atomic E-state index is 12.9. The van der Waals surface area contributed by atoms with Gasteiger partial charge < -0.3 is 5.32 Å². The van der Waals surface area contributed by atoms with Crippen LogP contribution in [0.2, 0.25) is 0 Å². The van der Waals surface area contributed by atoms with Crippen LogP contribution in [-0.2, 0) is 4.79 Å². The molecular weight excluding hydrogens is 358 g/mol. The Bertz CT molecular complexity index is 906. The van der Waals surface area contributed by atoms with E-state index in [1.165, 1.54) is 24.6 Å². The molecule has 27 heavy (non-hydrogen) atoms. The zero-order valence-corrected chi connectivity index (χ0v) is 16.8. The number of thioether (sulfide) groups is 1. The Morgan fingerprint density at radius 2 is 2.00 bits per heavy atom. The van der Waals surface area contributed by atoms with Crippen LogP contribution in [0.3, 0.4) is 0 Å². The molecule has 0 bridgehead atoms. The normalized spacial score (nSPS) is 25.5. The molecule has 1 heterocycles. The van der Waals surface area contributed by atoms with E-state index in [-0.39, 0.29) is 23.6 Å². The van der Waals surface area contributed by atoms with Crippen LogP contribution in [0.4, 0.5) is 0 Å². The Morgan fingerprint density at radius 1 is 1.22 bits per heavy atom. The number of amides is 1. The minimum atomic E-state index is 0.0146. The lowest BCUT2D eigenvalue weighted by Gasteiger charge is -2.34. The average Bonchev–Trinajstić information content (AvgIpc) is 3.49. The van der Waals surface area contributed by atoms with Crippen molar-refractivity contribution in [3.05, 3.63) is 34.6 Å². The van der Waals surface area contributed by atoms with Gasteiger partial charge in [0.1, 0.15) is 0 Å². The van der Waals surface area contributed by atoms with Gasteiger partial charge in [-0.25, -0.2) is 4.98 Å². The van der Waals surface area contributed by atoms with Crippen molar-refractivity contribution in [2.75, 3.05) is 5.75 Å². The van der Waals surface area contributed by atoms with Gasteiger partial charge in [0.25, 0.3) is 5.56 Å². The van der Waals surface area contributed by atoms with Gasteiger partial charge in [-0.2, -0.15) is 0 Å². The van der Waals surface area contributed by atoms with Crippen LogP contribution in [0.5, 0.6) is 0 Å². The zero-order valence-electron chi connectivity index (χ0n) is 16.0. The number of nitrogens with zero attached hydrogens (tertiary/aromatic N) is 2. The highest BCUT2D eigenvalue weighted by molar-refractivity contribution is 7.99. The van der Waals surface area contributed by atoms with Crippen LogP contribution in [0.15, 0.2) is 34.2 Å². The smallest absolute Gasteiger partial charge is 0.262 e. The summed E-state index contributed by atoms with van der Waals surface area (Å²) in [6, 6.07) is 7.95. The summed E-state index contributed by atoms with van der Waals surface area (Å²) in [6.07, 6.45) is 5.51. The maximum absolute atomic E-state index is 12.9. The van der Waals surface area contributed by atoms with Gasteiger partial charge in [0, 0.05) is 12.1 Å². The molecule has 6 heteroatoms. The first-order valence-electron chi connectivity index (χ1n) is 9.98. The summed E-state index contributed by atoms with van der Waals surface area (Å²) in [5.41, 5.74) is 0.720. The first-order chi connectivity index (χ1) is 13.0. The van der Waals surface area contributed by atoms with Crippen molar-refractivity contribution in [2.45, 2.75) is 63.2 Å².